The van der Waals surface area contributed by atoms with Crippen molar-refractivity contribution in [2.75, 3.05) is 19.0 Å². The van der Waals surface area contributed by atoms with Crippen molar-refractivity contribution in [1.29, 1.82) is 0 Å². The molecule has 38 heteroatoms. The first-order valence-electron chi connectivity index (χ1n) is 39.9. The maximum absolute atomic E-state index is 13.5. The Morgan fingerprint density at radius 3 is 0.817 bits per heavy atom. The SMILES string of the molecule is CN(C)c1ccnc(-c2[c-]cc(F)cc2F)c1.Cc1c[c-]c(-c2ccccn2)cc1.Fc1c[c-]c(-c2ccccn2)c(F)c1.Fc1c[c-]c(-n2cccn2)c(F)c1.Fc1c[c-]c(-n2cccn2)c(F)c1.Fc1c[c-]c(-n2cccn2)c(F)c1.Fc1c[c-]c(-n2cccn2)c(F)c1.Fc1c[c-]c(-n2cccn2)c(F)c1.O=Cc1ccnc(-c2[c-]cc(F)cc2F)c1.[Ir].[Ir].[Ir].[Ir].[Ir].[c-]1ccccc1-c1ccccn1. The van der Waals surface area contributed by atoms with Crippen molar-refractivity contribution in [3.8, 4) is 84.7 Å². The van der Waals surface area contributed by atoms with Crippen molar-refractivity contribution in [2.24, 2.45) is 0 Å². The number of benzene rings is 10. The van der Waals surface area contributed by atoms with Gasteiger partial charge < -0.3 is 29.8 Å². The third kappa shape index (κ3) is 36.0. The van der Waals surface area contributed by atoms with E-state index in [4.69, 9.17) is 0 Å². The molecule has 0 bridgehead atoms. The average Bonchev–Trinajstić information content (AvgIpc) is 1.10. The zero-order chi connectivity index (χ0) is 97.5. The second kappa shape index (κ2) is 59.9. The summed E-state index contributed by atoms with van der Waals surface area (Å²) < 4.78 is 212. The number of nitrogens with zero attached hydrogens (tertiary/aromatic N) is 16. The number of hydrogen-bond donors (Lipinski definition) is 0. The topological polar surface area (TPSA) is 174 Å². The minimum absolute atomic E-state index is 0. The second-order valence-electron chi connectivity index (χ2n) is 27.5. The van der Waals surface area contributed by atoms with E-state index >= 15 is 0 Å². The van der Waals surface area contributed by atoms with Crippen LogP contribution in [0.2, 0.25) is 0 Å². The summed E-state index contributed by atoms with van der Waals surface area (Å²) in [5.74, 6) is -10.7. The van der Waals surface area contributed by atoms with Crippen LogP contribution in [0.5, 0.6) is 0 Å². The quantitative estimate of drug-likeness (QED) is 0.0644. The zero-order valence-electron chi connectivity index (χ0n) is 73.2. The summed E-state index contributed by atoms with van der Waals surface area (Å²) in [6.45, 7) is 2.05. The average molecular weight is 2820 g/mol. The van der Waals surface area contributed by atoms with Gasteiger partial charge in [-0.2, -0.15) is 55.8 Å². The molecule has 0 aliphatic carbocycles. The Bertz CT molecular complexity index is 6630. The Labute approximate surface area is 871 Å². The van der Waals surface area contributed by atoms with Crippen molar-refractivity contribution in [2.45, 2.75) is 6.92 Å². The van der Waals surface area contributed by atoms with Crippen LogP contribution in [0.25, 0.3) is 84.7 Å². The molecule has 10 heterocycles. The molecule has 0 saturated carbocycles. The normalized spacial score (nSPS) is 9.82. The number of hydrogen-bond acceptors (Lipinski definition) is 12. The van der Waals surface area contributed by atoms with Crippen LogP contribution in [0.1, 0.15) is 15.9 Å². The molecular weight excluding hydrogens is 2750 g/mol. The molecule has 20 aromatic rings. The molecule has 5 radical (unpaired) electrons. The van der Waals surface area contributed by atoms with E-state index in [0.29, 0.717) is 23.2 Å². The Morgan fingerprint density at radius 2 is 0.549 bits per heavy atom. The molecular formula is C104H66F16Ir5N16O-10. The number of carbonyl (C=O) groups is 1. The molecule has 0 N–H and O–H groups in total. The first-order chi connectivity index (χ1) is 66.2. The van der Waals surface area contributed by atoms with Crippen molar-refractivity contribution in [1.82, 2.24) is 73.8 Å². The number of rotatable bonds is 12. The number of aldehydes is 1. The van der Waals surface area contributed by atoms with E-state index in [-0.39, 0.29) is 151 Å². The standard InChI is InChI=1S/C13H11F2N2.C12H6F2NO.C12H10N.C11H6F2N.C11H8N.5C9H5F2N2.5Ir/c1-17(2)10-5-6-16-13(8-10)11-4-3-9(14)7-12(11)15;13-9-1-2-10(11(14)6-9)12-5-8(7-16)3-4-15-12;1-10-5-7-11(8-6-10)12-4-2-3-9-13-12;12-8-4-5-9(10(13)7-8)11-3-1-2-6-14-11;1-2-6-10(7-3-1)11-8-4-5-9-12-11;5*10-7-2-3-9(8(11)6-7)13-5-1-4-12-13;;;;;/h3,5-8H,1-2H3;1,3-7H;2-7,9H,1H3;1-4,6-7H;1-6,8-9H;5*1-2,4-6H;;;;;/q10*-1;;;;;. The first kappa shape index (κ1) is 116. The molecule has 0 amide bonds. The minimum atomic E-state index is -0.754. The fourth-order valence-electron chi connectivity index (χ4n) is 11.3. The summed E-state index contributed by atoms with van der Waals surface area (Å²) in [4.78, 5) is 32.8. The van der Waals surface area contributed by atoms with Gasteiger partial charge in [0.2, 0.25) is 0 Å². The van der Waals surface area contributed by atoms with Gasteiger partial charge in [0.05, 0.1) is 0 Å². The predicted molar refractivity (Wildman–Crippen MR) is 478 cm³/mol. The van der Waals surface area contributed by atoms with Gasteiger partial charge in [-0.05, 0) is 118 Å². The van der Waals surface area contributed by atoms with Crippen LogP contribution in [-0.4, -0.2) is 94.2 Å². The van der Waals surface area contributed by atoms with Crippen molar-refractivity contribution in [3.05, 3.63) is 507 Å². The maximum Gasteiger partial charge on any atom is 0.149 e. The number of carbonyl (C=O) groups excluding carboxylic acids is 1. The second-order valence-corrected chi connectivity index (χ2v) is 27.5. The third-order valence-corrected chi connectivity index (χ3v) is 17.6. The van der Waals surface area contributed by atoms with Gasteiger partial charge in [0.25, 0.3) is 0 Å². The summed E-state index contributed by atoms with van der Waals surface area (Å²) in [7, 11) is 3.76. The minimum Gasteiger partial charge on any atom is -0.378 e. The maximum atomic E-state index is 13.5. The molecule has 20 rings (SSSR count). The molecule has 17 nitrogen and oxygen atoms in total. The first-order valence-corrected chi connectivity index (χ1v) is 39.9. The largest absolute Gasteiger partial charge is 0.378 e. The summed E-state index contributed by atoms with van der Waals surface area (Å²) in [5, 5.41) is 19.0. The van der Waals surface area contributed by atoms with Gasteiger partial charge in [0.15, 0.2) is 0 Å². The van der Waals surface area contributed by atoms with Gasteiger partial charge in [-0.15, -0.1) is 168 Å². The summed E-state index contributed by atoms with van der Waals surface area (Å²) in [6, 6.07) is 86.5. The van der Waals surface area contributed by atoms with E-state index < -0.39 is 93.1 Å². The van der Waals surface area contributed by atoms with Crippen LogP contribution in [0.4, 0.5) is 75.9 Å². The van der Waals surface area contributed by atoms with Crippen molar-refractivity contribution >= 4 is 12.0 Å². The van der Waals surface area contributed by atoms with Gasteiger partial charge in [-0.25, -0.2) is 0 Å². The van der Waals surface area contributed by atoms with E-state index in [1.807, 2.05) is 97.9 Å². The fraction of sp³-hybridized carbons (Fsp3) is 0.0288. The molecule has 0 atom stereocenters. The van der Waals surface area contributed by atoms with E-state index in [1.54, 1.807) is 110 Å². The van der Waals surface area contributed by atoms with Gasteiger partial charge in [-0.1, -0.05) is 90.3 Å². The van der Waals surface area contributed by atoms with Gasteiger partial charge in [0.1, 0.15) is 6.29 Å². The zero-order valence-corrected chi connectivity index (χ0v) is 85.2. The van der Waals surface area contributed by atoms with Crippen LogP contribution < -0.4 is 4.90 Å². The Morgan fingerprint density at radius 1 is 0.261 bits per heavy atom. The number of aromatic nitrogens is 15. The van der Waals surface area contributed by atoms with E-state index in [1.165, 1.54) is 78.3 Å². The molecule has 0 unspecified atom stereocenters. The Hall–Kier alpha value is -14.4. The number of anilines is 1. The van der Waals surface area contributed by atoms with Gasteiger partial charge >= 0.3 is 0 Å². The monoisotopic (exact) mass is 2820 g/mol. The molecule has 0 aliphatic rings. The van der Waals surface area contributed by atoms with Crippen LogP contribution in [-0.2, 0) is 101 Å². The predicted octanol–water partition coefficient (Wildman–Crippen LogP) is 23.5. The number of pyridine rings is 5. The molecule has 0 saturated heterocycles. The van der Waals surface area contributed by atoms with Gasteiger partial charge in [0, 0.05) is 312 Å². The Balaban J connectivity index is 0.000000241. The fourth-order valence-corrected chi connectivity index (χ4v) is 11.3. The van der Waals surface area contributed by atoms with Crippen LogP contribution in [0.3, 0.4) is 0 Å². The molecule has 10 aromatic heterocycles. The summed E-state index contributed by atoms with van der Waals surface area (Å²) in [5.41, 5.74) is 8.66. The van der Waals surface area contributed by atoms with E-state index in [2.05, 4.69) is 124 Å². The van der Waals surface area contributed by atoms with Crippen LogP contribution >= 0.6 is 0 Å². The van der Waals surface area contributed by atoms with E-state index in [9.17, 15) is 75.0 Å². The van der Waals surface area contributed by atoms with Crippen LogP contribution in [0, 0.1) is 161 Å². The smallest absolute Gasteiger partial charge is 0.149 e. The van der Waals surface area contributed by atoms with Crippen molar-refractivity contribution in [3.63, 3.8) is 0 Å². The van der Waals surface area contributed by atoms with Gasteiger partial charge in [-0.3, -0.25) is 98.5 Å². The van der Waals surface area contributed by atoms with Crippen molar-refractivity contribution < 1.29 is 176 Å². The molecule has 0 fully saturated rings. The molecule has 142 heavy (non-hydrogen) atoms. The molecule has 10 aromatic carbocycles. The molecule has 735 valence electrons. The Kier molecular flexibility index (Phi) is 49.1. The molecule has 0 aliphatic heterocycles. The summed E-state index contributed by atoms with van der Waals surface area (Å²) in [6.07, 6.45) is 24.1. The summed E-state index contributed by atoms with van der Waals surface area (Å²) >= 11 is 0. The number of halogens is 16. The molecule has 0 spiro atoms. The van der Waals surface area contributed by atoms with E-state index in [0.717, 1.165) is 125 Å². The number of aryl methyl sites for hydroxylation is 1. The third-order valence-electron chi connectivity index (χ3n) is 17.6. The van der Waals surface area contributed by atoms with Crippen LogP contribution in [0.15, 0.2) is 342 Å².